The fourth-order valence-corrected chi connectivity index (χ4v) is 4.15. The molecule has 0 aromatic carbocycles. The highest BCUT2D eigenvalue weighted by Crippen LogP contribution is 2.36. The smallest absolute Gasteiger partial charge is 0.106 e. The number of rotatable bonds is 2. The number of aryl methyl sites for hydroxylation is 1. The molecule has 18 heavy (non-hydrogen) atoms. The largest absolute Gasteiger partial charge is 0.309 e. The highest BCUT2D eigenvalue weighted by molar-refractivity contribution is 9.11. The Morgan fingerprint density at radius 3 is 2.94 bits per heavy atom. The molecule has 2 aromatic rings. The van der Waals surface area contributed by atoms with E-state index in [1.165, 1.54) is 29.0 Å². The normalized spacial score (nSPS) is 19.6. The minimum atomic E-state index is 0.472. The fraction of sp³-hybridized carbons (Fsp3) is 0.462. The van der Waals surface area contributed by atoms with Crippen LogP contribution >= 0.6 is 27.3 Å². The average Bonchev–Trinajstić information content (AvgIpc) is 3.01. The van der Waals surface area contributed by atoms with Crippen LogP contribution < -0.4 is 5.32 Å². The van der Waals surface area contributed by atoms with E-state index in [0.29, 0.717) is 6.04 Å². The van der Waals surface area contributed by atoms with Gasteiger partial charge < -0.3 is 5.32 Å². The summed E-state index contributed by atoms with van der Waals surface area (Å²) in [6, 6.07) is 4.69. The van der Waals surface area contributed by atoms with E-state index in [1.807, 2.05) is 4.68 Å². The fourth-order valence-electron chi connectivity index (χ4n) is 2.72. The Bertz CT molecular complexity index is 567. The Balaban J connectivity index is 2.04. The van der Waals surface area contributed by atoms with Crippen molar-refractivity contribution in [2.24, 2.45) is 7.05 Å². The summed E-state index contributed by atoms with van der Waals surface area (Å²) < 4.78 is 3.20. The van der Waals surface area contributed by atoms with Gasteiger partial charge in [0.05, 0.1) is 14.4 Å². The van der Waals surface area contributed by atoms with Gasteiger partial charge in [0.2, 0.25) is 0 Å². The van der Waals surface area contributed by atoms with E-state index >= 15 is 0 Å². The summed E-state index contributed by atoms with van der Waals surface area (Å²) in [4.78, 5) is 1.24. The molecular weight excluding hydrogens is 310 g/mol. The molecule has 5 heteroatoms. The van der Waals surface area contributed by atoms with Gasteiger partial charge in [0.1, 0.15) is 5.69 Å². The number of nitrogens with zero attached hydrogens (tertiary/aromatic N) is 2. The molecule has 1 atom stereocenters. The Morgan fingerprint density at radius 1 is 1.50 bits per heavy atom. The van der Waals surface area contributed by atoms with Crippen LogP contribution in [0.3, 0.4) is 0 Å². The van der Waals surface area contributed by atoms with Gasteiger partial charge in [-0.25, -0.2) is 0 Å². The van der Waals surface area contributed by atoms with Crippen LogP contribution in [0.2, 0.25) is 0 Å². The molecular formula is C13H16BrN3S. The van der Waals surface area contributed by atoms with E-state index in [1.54, 1.807) is 11.3 Å². The molecule has 3 nitrogen and oxygen atoms in total. The first-order valence-electron chi connectivity index (χ1n) is 6.19. The zero-order chi connectivity index (χ0) is 12.7. The van der Waals surface area contributed by atoms with E-state index in [0.717, 1.165) is 16.0 Å². The summed E-state index contributed by atoms with van der Waals surface area (Å²) in [6.07, 6.45) is 2.48. The summed E-state index contributed by atoms with van der Waals surface area (Å²) in [5.41, 5.74) is 3.77. The summed E-state index contributed by atoms with van der Waals surface area (Å²) in [5, 5.41) is 8.26. The van der Waals surface area contributed by atoms with Crippen LogP contribution in [-0.4, -0.2) is 16.3 Å². The second kappa shape index (κ2) is 4.79. The van der Waals surface area contributed by atoms with Gasteiger partial charge in [-0.15, -0.1) is 11.3 Å². The Kier molecular flexibility index (Phi) is 3.30. The molecule has 3 heterocycles. The SMILES string of the molecule is Cc1c(-c2ccc(Br)s2)nn(C)c1C1CCCN1. The molecule has 0 aliphatic carbocycles. The molecule has 0 amide bonds. The van der Waals surface area contributed by atoms with E-state index in [2.05, 4.69) is 47.4 Å². The maximum absolute atomic E-state index is 4.70. The summed E-state index contributed by atoms with van der Waals surface area (Å²) in [5.74, 6) is 0. The lowest BCUT2D eigenvalue weighted by Gasteiger charge is -2.11. The van der Waals surface area contributed by atoms with E-state index in [-0.39, 0.29) is 0 Å². The molecule has 1 N–H and O–H groups in total. The van der Waals surface area contributed by atoms with Crippen LogP contribution in [-0.2, 0) is 7.05 Å². The average molecular weight is 326 g/mol. The molecule has 0 spiro atoms. The van der Waals surface area contributed by atoms with Crippen molar-refractivity contribution in [2.45, 2.75) is 25.8 Å². The lowest BCUT2D eigenvalue weighted by Crippen LogP contribution is -2.17. The number of halogens is 1. The molecule has 2 aromatic heterocycles. The van der Waals surface area contributed by atoms with Gasteiger partial charge in [-0.1, -0.05) is 0 Å². The maximum atomic E-state index is 4.70. The third-order valence-corrected chi connectivity index (χ3v) is 5.17. The minimum Gasteiger partial charge on any atom is -0.309 e. The van der Waals surface area contributed by atoms with Crippen molar-refractivity contribution in [3.8, 4) is 10.6 Å². The van der Waals surface area contributed by atoms with Crippen molar-refractivity contribution in [1.29, 1.82) is 0 Å². The van der Waals surface area contributed by atoms with Gasteiger partial charge in [-0.3, -0.25) is 4.68 Å². The molecule has 0 saturated carbocycles. The number of aromatic nitrogens is 2. The zero-order valence-corrected chi connectivity index (χ0v) is 12.9. The Morgan fingerprint density at radius 2 is 2.33 bits per heavy atom. The van der Waals surface area contributed by atoms with E-state index < -0.39 is 0 Å². The monoisotopic (exact) mass is 325 g/mol. The zero-order valence-electron chi connectivity index (χ0n) is 10.5. The van der Waals surface area contributed by atoms with Crippen molar-refractivity contribution < 1.29 is 0 Å². The second-order valence-electron chi connectivity index (χ2n) is 4.74. The third kappa shape index (κ3) is 2.04. The number of hydrogen-bond acceptors (Lipinski definition) is 3. The number of hydrogen-bond donors (Lipinski definition) is 1. The van der Waals surface area contributed by atoms with Crippen LogP contribution in [0, 0.1) is 6.92 Å². The Hall–Kier alpha value is -0.650. The van der Waals surface area contributed by atoms with Gasteiger partial charge in [0.25, 0.3) is 0 Å². The van der Waals surface area contributed by atoms with Crippen LogP contribution in [0.5, 0.6) is 0 Å². The van der Waals surface area contributed by atoms with Crippen LogP contribution in [0.4, 0.5) is 0 Å². The Labute approximate surface area is 119 Å². The van der Waals surface area contributed by atoms with Crippen molar-refractivity contribution in [1.82, 2.24) is 15.1 Å². The summed E-state index contributed by atoms with van der Waals surface area (Å²) in [7, 11) is 2.05. The second-order valence-corrected chi connectivity index (χ2v) is 7.20. The van der Waals surface area contributed by atoms with Crippen molar-refractivity contribution >= 4 is 27.3 Å². The predicted octanol–water partition coefficient (Wildman–Crippen LogP) is 3.64. The van der Waals surface area contributed by atoms with E-state index in [4.69, 9.17) is 5.10 Å². The minimum absolute atomic E-state index is 0.472. The molecule has 3 rings (SSSR count). The molecule has 1 aliphatic heterocycles. The van der Waals surface area contributed by atoms with Gasteiger partial charge in [0.15, 0.2) is 0 Å². The highest BCUT2D eigenvalue weighted by Gasteiger charge is 2.24. The van der Waals surface area contributed by atoms with Crippen molar-refractivity contribution in [2.75, 3.05) is 6.54 Å². The first-order chi connectivity index (χ1) is 8.66. The molecule has 96 valence electrons. The lowest BCUT2D eigenvalue weighted by atomic mass is 10.1. The molecule has 1 fully saturated rings. The highest BCUT2D eigenvalue weighted by atomic mass is 79.9. The number of nitrogens with one attached hydrogen (secondary N) is 1. The predicted molar refractivity (Wildman–Crippen MR) is 78.9 cm³/mol. The van der Waals surface area contributed by atoms with Crippen molar-refractivity contribution in [3.05, 3.63) is 27.2 Å². The molecule has 0 radical (unpaired) electrons. The standard InChI is InChI=1S/C13H16BrN3S/c1-8-12(10-5-6-11(14)18-10)16-17(2)13(8)9-4-3-7-15-9/h5-6,9,15H,3-4,7H2,1-2H3. The lowest BCUT2D eigenvalue weighted by molar-refractivity contribution is 0.572. The van der Waals surface area contributed by atoms with Gasteiger partial charge in [0, 0.05) is 18.7 Å². The molecule has 1 aliphatic rings. The van der Waals surface area contributed by atoms with Gasteiger partial charge in [-0.05, 0) is 54.4 Å². The molecule has 1 saturated heterocycles. The van der Waals surface area contributed by atoms with Gasteiger partial charge in [-0.2, -0.15) is 5.10 Å². The molecule has 1 unspecified atom stereocenters. The molecule has 0 bridgehead atoms. The van der Waals surface area contributed by atoms with Crippen LogP contribution in [0.25, 0.3) is 10.6 Å². The summed E-state index contributed by atoms with van der Waals surface area (Å²) in [6.45, 7) is 3.31. The quantitative estimate of drug-likeness (QED) is 0.913. The first-order valence-corrected chi connectivity index (χ1v) is 7.80. The topological polar surface area (TPSA) is 29.9 Å². The van der Waals surface area contributed by atoms with Crippen molar-refractivity contribution in [3.63, 3.8) is 0 Å². The number of thiophene rings is 1. The maximum Gasteiger partial charge on any atom is 0.106 e. The first kappa shape index (κ1) is 12.4. The van der Waals surface area contributed by atoms with E-state index in [9.17, 15) is 0 Å². The van der Waals surface area contributed by atoms with Crippen LogP contribution in [0.15, 0.2) is 15.9 Å². The summed E-state index contributed by atoms with van der Waals surface area (Å²) >= 11 is 5.26. The third-order valence-electron chi connectivity index (χ3n) is 3.54. The van der Waals surface area contributed by atoms with Gasteiger partial charge >= 0.3 is 0 Å². The van der Waals surface area contributed by atoms with Crippen LogP contribution in [0.1, 0.15) is 30.1 Å².